The second-order valence-electron chi connectivity index (χ2n) is 6.27. The highest BCUT2D eigenvalue weighted by molar-refractivity contribution is 5.56. The SMILES string of the molecule is CCN(CC)c1ccc(N2CCCNC(C)(C)C2)cc1. The van der Waals surface area contributed by atoms with Gasteiger partial charge in [0.2, 0.25) is 0 Å². The molecular weight excluding hydrogens is 246 g/mol. The van der Waals surface area contributed by atoms with Crippen molar-refractivity contribution in [2.45, 2.75) is 39.7 Å². The van der Waals surface area contributed by atoms with Crippen LogP contribution in [0.4, 0.5) is 11.4 Å². The third kappa shape index (κ3) is 3.66. The number of rotatable bonds is 4. The van der Waals surface area contributed by atoms with Gasteiger partial charge >= 0.3 is 0 Å². The van der Waals surface area contributed by atoms with Crippen molar-refractivity contribution in [3.8, 4) is 0 Å². The Bertz CT molecular complexity index is 407. The van der Waals surface area contributed by atoms with Crippen LogP contribution in [0.15, 0.2) is 24.3 Å². The summed E-state index contributed by atoms with van der Waals surface area (Å²) in [6.45, 7) is 14.4. The van der Waals surface area contributed by atoms with Gasteiger partial charge in [-0.15, -0.1) is 0 Å². The first-order valence-corrected chi connectivity index (χ1v) is 7.90. The first-order chi connectivity index (χ1) is 9.55. The molecule has 0 spiro atoms. The summed E-state index contributed by atoms with van der Waals surface area (Å²) >= 11 is 0. The summed E-state index contributed by atoms with van der Waals surface area (Å²) in [4.78, 5) is 4.89. The summed E-state index contributed by atoms with van der Waals surface area (Å²) in [5.41, 5.74) is 2.86. The zero-order chi connectivity index (χ0) is 14.6. The summed E-state index contributed by atoms with van der Waals surface area (Å²) in [5.74, 6) is 0. The number of hydrogen-bond acceptors (Lipinski definition) is 3. The molecule has 1 aromatic carbocycles. The number of benzene rings is 1. The van der Waals surface area contributed by atoms with Gasteiger partial charge in [0.25, 0.3) is 0 Å². The van der Waals surface area contributed by atoms with Gasteiger partial charge in [0.15, 0.2) is 0 Å². The summed E-state index contributed by atoms with van der Waals surface area (Å²) in [6, 6.07) is 9.06. The van der Waals surface area contributed by atoms with E-state index in [1.807, 2.05) is 0 Å². The van der Waals surface area contributed by atoms with E-state index >= 15 is 0 Å². The molecule has 2 rings (SSSR count). The smallest absolute Gasteiger partial charge is 0.0368 e. The number of nitrogens with one attached hydrogen (secondary N) is 1. The van der Waals surface area contributed by atoms with Gasteiger partial charge in [-0.3, -0.25) is 0 Å². The lowest BCUT2D eigenvalue weighted by Gasteiger charge is -2.32. The lowest BCUT2D eigenvalue weighted by atomic mass is 10.1. The molecule has 1 fully saturated rings. The Morgan fingerprint density at radius 1 is 1.15 bits per heavy atom. The van der Waals surface area contributed by atoms with Crippen LogP contribution >= 0.6 is 0 Å². The Balaban J connectivity index is 2.12. The van der Waals surface area contributed by atoms with Crippen LogP contribution in [0.5, 0.6) is 0 Å². The molecule has 0 radical (unpaired) electrons. The molecule has 0 aromatic heterocycles. The molecule has 0 amide bonds. The first-order valence-electron chi connectivity index (χ1n) is 7.90. The van der Waals surface area contributed by atoms with Crippen molar-refractivity contribution in [3.63, 3.8) is 0 Å². The minimum Gasteiger partial charge on any atom is -0.372 e. The molecule has 3 heteroatoms. The van der Waals surface area contributed by atoms with Gasteiger partial charge in [0, 0.05) is 43.1 Å². The van der Waals surface area contributed by atoms with Crippen LogP contribution in [-0.2, 0) is 0 Å². The first kappa shape index (κ1) is 15.2. The topological polar surface area (TPSA) is 18.5 Å². The van der Waals surface area contributed by atoms with Gasteiger partial charge in [-0.1, -0.05) is 0 Å². The van der Waals surface area contributed by atoms with E-state index in [9.17, 15) is 0 Å². The summed E-state index contributed by atoms with van der Waals surface area (Å²) in [6.07, 6.45) is 1.21. The monoisotopic (exact) mass is 275 g/mol. The van der Waals surface area contributed by atoms with Crippen LogP contribution in [-0.4, -0.2) is 38.3 Å². The largest absolute Gasteiger partial charge is 0.372 e. The van der Waals surface area contributed by atoms with Crippen LogP contribution in [0.1, 0.15) is 34.1 Å². The van der Waals surface area contributed by atoms with Gasteiger partial charge < -0.3 is 15.1 Å². The van der Waals surface area contributed by atoms with Crippen molar-refractivity contribution in [1.82, 2.24) is 5.32 Å². The Labute approximate surface area is 124 Å². The quantitative estimate of drug-likeness (QED) is 0.911. The number of hydrogen-bond donors (Lipinski definition) is 1. The zero-order valence-electron chi connectivity index (χ0n) is 13.4. The average molecular weight is 275 g/mol. The van der Waals surface area contributed by atoms with Crippen molar-refractivity contribution >= 4 is 11.4 Å². The van der Waals surface area contributed by atoms with E-state index in [-0.39, 0.29) is 5.54 Å². The van der Waals surface area contributed by atoms with E-state index in [0.29, 0.717) is 0 Å². The second kappa shape index (κ2) is 6.49. The van der Waals surface area contributed by atoms with Gasteiger partial charge in [0.1, 0.15) is 0 Å². The molecule has 1 N–H and O–H groups in total. The molecule has 1 saturated heterocycles. The zero-order valence-corrected chi connectivity index (χ0v) is 13.4. The minimum atomic E-state index is 0.189. The predicted octanol–water partition coefficient (Wildman–Crippen LogP) is 3.11. The Hall–Kier alpha value is -1.22. The molecular formula is C17H29N3. The van der Waals surface area contributed by atoms with Crippen molar-refractivity contribution < 1.29 is 0 Å². The average Bonchev–Trinajstić information content (AvgIpc) is 2.62. The summed E-state index contributed by atoms with van der Waals surface area (Å²) in [5, 5.41) is 3.62. The highest BCUT2D eigenvalue weighted by Crippen LogP contribution is 2.23. The Morgan fingerprint density at radius 3 is 2.40 bits per heavy atom. The van der Waals surface area contributed by atoms with Crippen molar-refractivity contribution in [2.24, 2.45) is 0 Å². The van der Waals surface area contributed by atoms with Crippen LogP contribution in [0.2, 0.25) is 0 Å². The van der Waals surface area contributed by atoms with E-state index < -0.39 is 0 Å². The van der Waals surface area contributed by atoms with Gasteiger partial charge in [-0.2, -0.15) is 0 Å². The van der Waals surface area contributed by atoms with Crippen LogP contribution in [0.25, 0.3) is 0 Å². The molecule has 0 unspecified atom stereocenters. The Morgan fingerprint density at radius 2 is 1.80 bits per heavy atom. The fourth-order valence-corrected chi connectivity index (χ4v) is 2.99. The standard InChI is InChI=1S/C17H29N3/c1-5-19(6-2)15-8-10-16(11-9-15)20-13-7-12-18-17(3,4)14-20/h8-11,18H,5-7,12-14H2,1-4H3. The lowest BCUT2D eigenvalue weighted by Crippen LogP contribution is -2.46. The molecule has 3 nitrogen and oxygen atoms in total. The molecule has 0 atom stereocenters. The van der Waals surface area contributed by atoms with Gasteiger partial charge in [-0.05, 0) is 64.9 Å². The van der Waals surface area contributed by atoms with Crippen LogP contribution in [0.3, 0.4) is 0 Å². The number of anilines is 2. The van der Waals surface area contributed by atoms with E-state index in [0.717, 1.165) is 32.7 Å². The molecule has 1 aliphatic heterocycles. The van der Waals surface area contributed by atoms with E-state index in [1.54, 1.807) is 0 Å². The maximum Gasteiger partial charge on any atom is 0.0368 e. The summed E-state index contributed by atoms with van der Waals surface area (Å²) in [7, 11) is 0. The molecule has 1 aromatic rings. The van der Waals surface area contributed by atoms with Crippen LogP contribution < -0.4 is 15.1 Å². The minimum absolute atomic E-state index is 0.189. The van der Waals surface area contributed by atoms with Crippen LogP contribution in [0, 0.1) is 0 Å². The van der Waals surface area contributed by atoms with E-state index in [2.05, 4.69) is 67.1 Å². The third-order valence-electron chi connectivity index (χ3n) is 4.14. The molecule has 112 valence electrons. The highest BCUT2D eigenvalue weighted by atomic mass is 15.2. The fourth-order valence-electron chi connectivity index (χ4n) is 2.99. The van der Waals surface area contributed by atoms with E-state index in [1.165, 1.54) is 17.8 Å². The molecule has 1 aliphatic rings. The molecule has 0 aliphatic carbocycles. The van der Waals surface area contributed by atoms with Crippen molar-refractivity contribution in [3.05, 3.63) is 24.3 Å². The highest BCUT2D eigenvalue weighted by Gasteiger charge is 2.24. The van der Waals surface area contributed by atoms with Crippen molar-refractivity contribution in [1.29, 1.82) is 0 Å². The normalized spacial score (nSPS) is 18.7. The molecule has 20 heavy (non-hydrogen) atoms. The lowest BCUT2D eigenvalue weighted by molar-refractivity contribution is 0.416. The van der Waals surface area contributed by atoms with Gasteiger partial charge in [0.05, 0.1) is 0 Å². The maximum absolute atomic E-state index is 3.62. The Kier molecular flexibility index (Phi) is 4.92. The molecule has 0 bridgehead atoms. The molecule has 0 saturated carbocycles. The fraction of sp³-hybridized carbons (Fsp3) is 0.647. The number of nitrogens with zero attached hydrogens (tertiary/aromatic N) is 2. The molecule has 1 heterocycles. The van der Waals surface area contributed by atoms with E-state index in [4.69, 9.17) is 0 Å². The van der Waals surface area contributed by atoms with Gasteiger partial charge in [-0.25, -0.2) is 0 Å². The summed E-state index contributed by atoms with van der Waals surface area (Å²) < 4.78 is 0. The maximum atomic E-state index is 3.62. The van der Waals surface area contributed by atoms with Crippen molar-refractivity contribution in [2.75, 3.05) is 42.5 Å². The third-order valence-corrected chi connectivity index (χ3v) is 4.14. The second-order valence-corrected chi connectivity index (χ2v) is 6.27. The predicted molar refractivity (Wildman–Crippen MR) is 88.9 cm³/mol.